The van der Waals surface area contributed by atoms with Gasteiger partial charge in [0.2, 0.25) is 0 Å². The van der Waals surface area contributed by atoms with Gasteiger partial charge in [0.15, 0.2) is 6.61 Å². The van der Waals surface area contributed by atoms with Crippen LogP contribution in [0.25, 0.3) is 0 Å². The van der Waals surface area contributed by atoms with Crippen LogP contribution in [-0.4, -0.2) is 25.6 Å². The third kappa shape index (κ3) is 3.83. The highest BCUT2D eigenvalue weighted by atomic mass is 32.1. The van der Waals surface area contributed by atoms with E-state index < -0.39 is 5.97 Å². The van der Waals surface area contributed by atoms with Crippen molar-refractivity contribution in [1.29, 1.82) is 0 Å². The van der Waals surface area contributed by atoms with Crippen molar-refractivity contribution >= 4 is 28.2 Å². The van der Waals surface area contributed by atoms with Crippen molar-refractivity contribution < 1.29 is 19.1 Å². The van der Waals surface area contributed by atoms with Crippen molar-refractivity contribution in [3.63, 3.8) is 0 Å². The van der Waals surface area contributed by atoms with E-state index in [0.717, 1.165) is 11.3 Å². The highest BCUT2D eigenvalue weighted by Crippen LogP contribution is 2.22. The third-order valence-corrected chi connectivity index (χ3v) is 3.35. The molecular weight excluding hydrogens is 278 g/mol. The van der Waals surface area contributed by atoms with E-state index in [1.807, 2.05) is 18.2 Å². The fraction of sp³-hybridized carbons (Fsp3) is 0.143. The minimum atomic E-state index is -0.420. The monoisotopic (exact) mass is 291 g/mol. The quantitative estimate of drug-likeness (QED) is 0.860. The number of para-hydroxylation sites is 1. The molecule has 5 nitrogen and oxygen atoms in total. The minimum Gasteiger partial charge on any atom is -0.484 e. The highest BCUT2D eigenvalue weighted by Gasteiger charge is 2.11. The van der Waals surface area contributed by atoms with Crippen molar-refractivity contribution in [2.45, 2.75) is 0 Å². The van der Waals surface area contributed by atoms with Gasteiger partial charge in [-0.2, -0.15) is 0 Å². The number of benzene rings is 1. The van der Waals surface area contributed by atoms with Crippen LogP contribution < -0.4 is 10.1 Å². The van der Waals surface area contributed by atoms with Gasteiger partial charge >= 0.3 is 5.97 Å². The molecule has 104 valence electrons. The van der Waals surface area contributed by atoms with E-state index in [-0.39, 0.29) is 12.5 Å². The molecule has 0 bridgehead atoms. The standard InChI is InChI=1S/C14H13NO4S/c1-18-14(17)11-7-8-13(20-11)15-12(16)9-19-10-5-3-2-4-6-10/h2-8H,9H2,1H3,(H,15,16). The summed E-state index contributed by atoms with van der Waals surface area (Å²) in [6.45, 7) is -0.0878. The maximum Gasteiger partial charge on any atom is 0.348 e. The summed E-state index contributed by atoms with van der Waals surface area (Å²) in [4.78, 5) is 23.4. The fourth-order valence-corrected chi connectivity index (χ4v) is 2.30. The topological polar surface area (TPSA) is 64.6 Å². The molecule has 1 heterocycles. The minimum absolute atomic E-state index is 0.0878. The second kappa shape index (κ2) is 6.72. The Balaban J connectivity index is 1.85. The van der Waals surface area contributed by atoms with Crippen LogP contribution in [0.2, 0.25) is 0 Å². The molecule has 0 fully saturated rings. The van der Waals surface area contributed by atoms with E-state index in [1.165, 1.54) is 7.11 Å². The Hall–Kier alpha value is -2.34. The first-order chi connectivity index (χ1) is 9.69. The molecule has 0 aliphatic carbocycles. The summed E-state index contributed by atoms with van der Waals surface area (Å²) in [7, 11) is 1.31. The lowest BCUT2D eigenvalue weighted by atomic mass is 10.3. The number of ether oxygens (including phenoxy) is 2. The van der Waals surface area contributed by atoms with E-state index in [0.29, 0.717) is 15.6 Å². The summed E-state index contributed by atoms with van der Waals surface area (Å²) in [6, 6.07) is 12.3. The summed E-state index contributed by atoms with van der Waals surface area (Å²) in [6.07, 6.45) is 0. The molecule has 6 heteroatoms. The molecule has 0 spiro atoms. The summed E-state index contributed by atoms with van der Waals surface area (Å²) in [5.41, 5.74) is 0. The zero-order valence-corrected chi connectivity index (χ0v) is 11.6. The zero-order chi connectivity index (χ0) is 14.4. The smallest absolute Gasteiger partial charge is 0.348 e. The third-order valence-electron chi connectivity index (χ3n) is 2.37. The lowest BCUT2D eigenvalue weighted by molar-refractivity contribution is -0.118. The number of carbonyl (C=O) groups is 2. The molecule has 2 aromatic rings. The molecule has 2 rings (SSSR count). The van der Waals surface area contributed by atoms with Gasteiger partial charge in [0.1, 0.15) is 10.6 Å². The largest absolute Gasteiger partial charge is 0.484 e. The molecule has 0 radical (unpaired) electrons. The number of methoxy groups -OCH3 is 1. The second-order valence-corrected chi connectivity index (χ2v) is 4.89. The van der Waals surface area contributed by atoms with E-state index in [2.05, 4.69) is 10.1 Å². The average molecular weight is 291 g/mol. The molecule has 1 amide bonds. The molecule has 20 heavy (non-hydrogen) atoms. The Kier molecular flexibility index (Phi) is 4.73. The number of rotatable bonds is 5. The number of esters is 1. The Morgan fingerprint density at radius 2 is 1.90 bits per heavy atom. The fourth-order valence-electron chi connectivity index (χ4n) is 1.45. The van der Waals surface area contributed by atoms with Crippen LogP contribution in [0.15, 0.2) is 42.5 Å². The predicted octanol–water partition coefficient (Wildman–Crippen LogP) is 2.55. The van der Waals surface area contributed by atoms with Crippen LogP contribution in [0.1, 0.15) is 9.67 Å². The zero-order valence-electron chi connectivity index (χ0n) is 10.8. The van der Waals surface area contributed by atoms with Gasteiger partial charge in [0, 0.05) is 0 Å². The van der Waals surface area contributed by atoms with Crippen LogP contribution in [0.3, 0.4) is 0 Å². The van der Waals surface area contributed by atoms with Crippen molar-refractivity contribution in [3.8, 4) is 5.75 Å². The van der Waals surface area contributed by atoms with E-state index in [9.17, 15) is 9.59 Å². The van der Waals surface area contributed by atoms with Crippen molar-refractivity contribution in [2.75, 3.05) is 19.0 Å². The molecule has 0 aliphatic heterocycles. The maximum atomic E-state index is 11.7. The number of amides is 1. The van der Waals surface area contributed by atoms with Gasteiger partial charge in [-0.3, -0.25) is 4.79 Å². The lowest BCUT2D eigenvalue weighted by Crippen LogP contribution is -2.19. The number of hydrogen-bond donors (Lipinski definition) is 1. The molecule has 0 aliphatic rings. The number of nitrogens with one attached hydrogen (secondary N) is 1. The first kappa shape index (κ1) is 14.1. The average Bonchev–Trinajstić information content (AvgIpc) is 2.94. The van der Waals surface area contributed by atoms with Crippen molar-refractivity contribution in [3.05, 3.63) is 47.3 Å². The van der Waals surface area contributed by atoms with E-state index in [4.69, 9.17) is 4.74 Å². The Bertz CT molecular complexity index is 594. The second-order valence-electron chi connectivity index (χ2n) is 3.81. The molecule has 0 saturated heterocycles. The number of hydrogen-bond acceptors (Lipinski definition) is 5. The molecule has 1 aromatic carbocycles. The molecule has 1 N–H and O–H groups in total. The summed E-state index contributed by atoms with van der Waals surface area (Å²) < 4.78 is 9.91. The van der Waals surface area contributed by atoms with Crippen LogP contribution in [0, 0.1) is 0 Å². The van der Waals surface area contributed by atoms with Gasteiger partial charge in [0.05, 0.1) is 12.1 Å². The Labute approximate surface area is 120 Å². The van der Waals surface area contributed by atoms with Gasteiger partial charge in [-0.05, 0) is 24.3 Å². The van der Waals surface area contributed by atoms with Crippen molar-refractivity contribution in [2.24, 2.45) is 0 Å². The molecule has 0 saturated carbocycles. The lowest BCUT2D eigenvalue weighted by Gasteiger charge is -2.05. The first-order valence-corrected chi connectivity index (χ1v) is 6.66. The van der Waals surface area contributed by atoms with Gasteiger partial charge in [0.25, 0.3) is 5.91 Å². The van der Waals surface area contributed by atoms with Gasteiger partial charge in [-0.15, -0.1) is 11.3 Å². The SMILES string of the molecule is COC(=O)c1ccc(NC(=O)COc2ccccc2)s1. The first-order valence-electron chi connectivity index (χ1n) is 5.85. The number of anilines is 1. The molecular formula is C14H13NO4S. The normalized spacial score (nSPS) is 9.85. The van der Waals surface area contributed by atoms with Crippen LogP contribution >= 0.6 is 11.3 Å². The van der Waals surface area contributed by atoms with Crippen LogP contribution in [0.5, 0.6) is 5.75 Å². The molecule has 1 aromatic heterocycles. The van der Waals surface area contributed by atoms with Gasteiger partial charge in [-0.25, -0.2) is 4.79 Å². The Morgan fingerprint density at radius 1 is 1.15 bits per heavy atom. The van der Waals surface area contributed by atoms with Crippen LogP contribution in [0.4, 0.5) is 5.00 Å². The number of thiophene rings is 1. The highest BCUT2D eigenvalue weighted by molar-refractivity contribution is 7.18. The predicted molar refractivity (Wildman–Crippen MR) is 76.2 cm³/mol. The van der Waals surface area contributed by atoms with Crippen LogP contribution in [-0.2, 0) is 9.53 Å². The van der Waals surface area contributed by atoms with Gasteiger partial charge in [-0.1, -0.05) is 18.2 Å². The number of carbonyl (C=O) groups excluding carboxylic acids is 2. The maximum absolute atomic E-state index is 11.7. The van der Waals surface area contributed by atoms with Crippen molar-refractivity contribution in [1.82, 2.24) is 0 Å². The summed E-state index contributed by atoms with van der Waals surface area (Å²) in [5.74, 6) is -0.0766. The van der Waals surface area contributed by atoms with E-state index >= 15 is 0 Å². The summed E-state index contributed by atoms with van der Waals surface area (Å²) >= 11 is 1.15. The van der Waals surface area contributed by atoms with Gasteiger partial charge < -0.3 is 14.8 Å². The summed E-state index contributed by atoms with van der Waals surface area (Å²) in [5, 5.41) is 3.23. The molecule has 0 unspecified atom stereocenters. The molecule has 0 atom stereocenters. The Morgan fingerprint density at radius 3 is 2.60 bits per heavy atom. The van der Waals surface area contributed by atoms with E-state index in [1.54, 1.807) is 24.3 Å².